The lowest BCUT2D eigenvalue weighted by Crippen LogP contribution is -2.11. The van der Waals surface area contributed by atoms with Crippen molar-refractivity contribution in [3.8, 4) is 0 Å². The van der Waals surface area contributed by atoms with Crippen molar-refractivity contribution in [1.82, 2.24) is 15.0 Å². The zero-order chi connectivity index (χ0) is 17.8. The summed E-state index contributed by atoms with van der Waals surface area (Å²) in [6.07, 6.45) is 5.46. The summed E-state index contributed by atoms with van der Waals surface area (Å²) in [5, 5.41) is 21.2. The van der Waals surface area contributed by atoms with Gasteiger partial charge in [-0.05, 0) is 30.3 Å². The molecule has 0 saturated heterocycles. The Labute approximate surface area is 143 Å². The number of anilines is 4. The van der Waals surface area contributed by atoms with Gasteiger partial charge < -0.3 is 37.9 Å². The third-order valence-electron chi connectivity index (χ3n) is 3.44. The molecule has 0 amide bonds. The highest BCUT2D eigenvalue weighted by Gasteiger charge is 2.10. The largest absolute Gasteiger partial charge is 0.398 e. The molecule has 0 atom stereocenters. The quantitative estimate of drug-likeness (QED) is 0.269. The van der Waals surface area contributed by atoms with E-state index in [0.717, 1.165) is 11.6 Å². The van der Waals surface area contributed by atoms with E-state index < -0.39 is 0 Å². The van der Waals surface area contributed by atoms with Crippen LogP contribution in [0.2, 0.25) is 0 Å². The molecule has 0 bridgehead atoms. The number of nitrogens with two attached hydrogens (primary N) is 2. The Morgan fingerprint density at radius 2 is 2.04 bits per heavy atom. The summed E-state index contributed by atoms with van der Waals surface area (Å²) >= 11 is 0. The number of aromatic amines is 1. The van der Waals surface area contributed by atoms with Gasteiger partial charge in [0.05, 0.1) is 5.39 Å². The summed E-state index contributed by atoms with van der Waals surface area (Å²) in [6, 6.07) is 7.06. The van der Waals surface area contributed by atoms with Gasteiger partial charge in [0, 0.05) is 35.6 Å². The minimum atomic E-state index is 0.293. The van der Waals surface area contributed by atoms with Crippen LogP contribution in [0.4, 0.5) is 23.1 Å². The van der Waals surface area contributed by atoms with Crippen molar-refractivity contribution >= 4 is 46.6 Å². The zero-order valence-electron chi connectivity index (χ0n) is 13.2. The van der Waals surface area contributed by atoms with E-state index >= 15 is 0 Å². The van der Waals surface area contributed by atoms with Gasteiger partial charge >= 0.3 is 0 Å². The number of benzene rings is 1. The number of rotatable bonds is 6. The summed E-state index contributed by atoms with van der Waals surface area (Å²) in [7, 11) is 0. The summed E-state index contributed by atoms with van der Waals surface area (Å²) in [6.45, 7) is 0. The molecule has 0 unspecified atom stereocenters. The number of aromatic nitrogens is 3. The van der Waals surface area contributed by atoms with Crippen LogP contribution in [0.5, 0.6) is 0 Å². The zero-order valence-corrected chi connectivity index (χ0v) is 13.2. The smallest absolute Gasteiger partial charge is 0.231 e. The molecular weight excluding hydrogens is 318 g/mol. The van der Waals surface area contributed by atoms with E-state index in [1.54, 1.807) is 24.4 Å². The molecule has 0 fully saturated rings. The molecule has 0 aliphatic rings. The maximum atomic E-state index is 7.28. The second kappa shape index (κ2) is 6.71. The van der Waals surface area contributed by atoms with Crippen molar-refractivity contribution in [2.75, 3.05) is 16.4 Å². The van der Waals surface area contributed by atoms with E-state index in [4.69, 9.17) is 22.3 Å². The summed E-state index contributed by atoms with van der Waals surface area (Å²) in [5.41, 5.74) is 14.1. The summed E-state index contributed by atoms with van der Waals surface area (Å²) in [5.74, 6) is 1.15. The monoisotopic (exact) mass is 335 g/mol. The van der Waals surface area contributed by atoms with Gasteiger partial charge in [-0.25, -0.2) is 0 Å². The number of nitrogens with one attached hydrogen (secondary N) is 5. The molecule has 2 heterocycles. The maximum Gasteiger partial charge on any atom is 0.231 e. The second-order valence-corrected chi connectivity index (χ2v) is 5.16. The molecular formula is C16H17N9. The number of hydrogen-bond donors (Lipinski definition) is 7. The highest BCUT2D eigenvalue weighted by molar-refractivity contribution is 5.90. The molecule has 1 aromatic carbocycles. The van der Waals surface area contributed by atoms with E-state index in [1.165, 1.54) is 12.3 Å². The van der Waals surface area contributed by atoms with Crippen molar-refractivity contribution < 1.29 is 0 Å². The van der Waals surface area contributed by atoms with Crippen LogP contribution in [0.15, 0.2) is 42.4 Å². The number of fused-ring (bicyclic) bond motifs is 1. The topological polar surface area (TPSA) is 165 Å². The molecule has 0 spiro atoms. The van der Waals surface area contributed by atoms with Gasteiger partial charge in [0.25, 0.3) is 0 Å². The standard InChI is InChI=1S/C16H17N9/c17-5-3-13(20)23-15-11-4-6-21-14(11)24-16(25-15)22-10-2-1-9(8-18)12(19)7-10/h1-8,17-18H,19-20H2,(H3,21,22,23,24,25)/b13-3+,17-5?,18-8?. The van der Waals surface area contributed by atoms with Crippen LogP contribution in [-0.2, 0) is 0 Å². The first kappa shape index (κ1) is 16.0. The van der Waals surface area contributed by atoms with Gasteiger partial charge in [0.1, 0.15) is 17.3 Å². The first-order valence-corrected chi connectivity index (χ1v) is 7.36. The van der Waals surface area contributed by atoms with E-state index in [9.17, 15) is 0 Å². The molecule has 25 heavy (non-hydrogen) atoms. The predicted molar refractivity (Wildman–Crippen MR) is 101 cm³/mol. The van der Waals surface area contributed by atoms with Gasteiger partial charge in [0.15, 0.2) is 0 Å². The minimum absolute atomic E-state index is 0.293. The van der Waals surface area contributed by atoms with Crippen molar-refractivity contribution in [2.24, 2.45) is 5.73 Å². The average Bonchev–Trinajstić information content (AvgIpc) is 3.04. The van der Waals surface area contributed by atoms with E-state index in [-0.39, 0.29) is 0 Å². The number of allylic oxidation sites excluding steroid dienone is 1. The third kappa shape index (κ3) is 3.39. The van der Waals surface area contributed by atoms with Crippen LogP contribution in [0.25, 0.3) is 11.0 Å². The predicted octanol–water partition coefficient (Wildman–Crippen LogP) is 2.14. The number of nitrogens with zero attached hydrogens (tertiary/aromatic N) is 2. The van der Waals surface area contributed by atoms with Gasteiger partial charge in [-0.2, -0.15) is 9.97 Å². The fourth-order valence-electron chi connectivity index (χ4n) is 2.27. The third-order valence-corrected chi connectivity index (χ3v) is 3.44. The average molecular weight is 335 g/mol. The van der Waals surface area contributed by atoms with Crippen molar-refractivity contribution in [3.05, 3.63) is 47.9 Å². The molecule has 0 saturated carbocycles. The minimum Gasteiger partial charge on any atom is -0.398 e. The highest BCUT2D eigenvalue weighted by Crippen LogP contribution is 2.24. The Hall–Kier alpha value is -3.88. The summed E-state index contributed by atoms with van der Waals surface area (Å²) in [4.78, 5) is 11.9. The van der Waals surface area contributed by atoms with Crippen LogP contribution in [-0.4, -0.2) is 27.4 Å². The molecule has 0 radical (unpaired) electrons. The Kier molecular flexibility index (Phi) is 4.29. The Morgan fingerprint density at radius 1 is 1.20 bits per heavy atom. The maximum absolute atomic E-state index is 7.28. The summed E-state index contributed by atoms with van der Waals surface area (Å²) < 4.78 is 0. The van der Waals surface area contributed by atoms with E-state index in [0.29, 0.717) is 40.2 Å². The Morgan fingerprint density at radius 3 is 2.76 bits per heavy atom. The molecule has 2 aromatic heterocycles. The lowest BCUT2D eigenvalue weighted by atomic mass is 10.2. The fraction of sp³-hybridized carbons (Fsp3) is 0. The SMILES string of the molecule is N=C/C=C(\N)Nc1nc(Nc2ccc(C=N)c(N)c2)nc2[nH]ccc12. The number of hydrogen-bond acceptors (Lipinski definition) is 8. The van der Waals surface area contributed by atoms with Crippen molar-refractivity contribution in [3.63, 3.8) is 0 Å². The molecule has 0 aliphatic heterocycles. The van der Waals surface area contributed by atoms with E-state index in [2.05, 4.69) is 25.6 Å². The van der Waals surface area contributed by atoms with E-state index in [1.807, 2.05) is 6.07 Å². The van der Waals surface area contributed by atoms with Crippen LogP contribution in [0.3, 0.4) is 0 Å². The lowest BCUT2D eigenvalue weighted by Gasteiger charge is -2.11. The van der Waals surface area contributed by atoms with Crippen LogP contribution in [0.1, 0.15) is 5.56 Å². The number of nitrogen functional groups attached to an aromatic ring is 1. The number of H-pyrrole nitrogens is 1. The van der Waals surface area contributed by atoms with Gasteiger partial charge in [0.2, 0.25) is 5.95 Å². The van der Waals surface area contributed by atoms with Crippen LogP contribution in [0, 0.1) is 10.8 Å². The first-order valence-electron chi connectivity index (χ1n) is 7.36. The van der Waals surface area contributed by atoms with Gasteiger partial charge in [-0.3, -0.25) is 0 Å². The molecule has 3 aromatic rings. The first-order chi connectivity index (χ1) is 12.1. The Bertz CT molecular complexity index is 971. The molecule has 3 rings (SSSR count). The highest BCUT2D eigenvalue weighted by atomic mass is 15.2. The molecule has 126 valence electrons. The second-order valence-electron chi connectivity index (χ2n) is 5.16. The van der Waals surface area contributed by atoms with Gasteiger partial charge in [-0.1, -0.05) is 0 Å². The van der Waals surface area contributed by atoms with Crippen LogP contribution >= 0.6 is 0 Å². The fourth-order valence-corrected chi connectivity index (χ4v) is 2.27. The van der Waals surface area contributed by atoms with Crippen LogP contribution < -0.4 is 22.1 Å². The van der Waals surface area contributed by atoms with Gasteiger partial charge in [-0.15, -0.1) is 0 Å². The molecule has 9 heteroatoms. The van der Waals surface area contributed by atoms with Crippen molar-refractivity contribution in [2.45, 2.75) is 0 Å². The lowest BCUT2D eigenvalue weighted by molar-refractivity contribution is 1.17. The van der Waals surface area contributed by atoms with Crippen molar-refractivity contribution in [1.29, 1.82) is 10.8 Å². The normalized spacial score (nSPS) is 11.3. The molecule has 9 nitrogen and oxygen atoms in total. The molecule has 9 N–H and O–H groups in total. The molecule has 0 aliphatic carbocycles. The Balaban J connectivity index is 1.96.